The van der Waals surface area contributed by atoms with Gasteiger partial charge in [-0.2, -0.15) is 0 Å². The Balaban J connectivity index is 1.41. The first-order chi connectivity index (χ1) is 11.2. The van der Waals surface area contributed by atoms with Gasteiger partial charge >= 0.3 is 5.12 Å². The Kier molecular flexibility index (Phi) is 4.58. The first kappa shape index (κ1) is 15.8. The zero-order chi connectivity index (χ0) is 15.8. The molecule has 0 bridgehead atoms. The number of ketones is 1. The van der Waals surface area contributed by atoms with Gasteiger partial charge in [0.2, 0.25) is 0 Å². The highest BCUT2D eigenvalue weighted by Crippen LogP contribution is 2.38. The zero-order valence-corrected chi connectivity index (χ0v) is 14.9. The van der Waals surface area contributed by atoms with Gasteiger partial charge in [0.1, 0.15) is 17.4 Å². The Hall–Kier alpha value is -0.690. The van der Waals surface area contributed by atoms with Crippen LogP contribution in [0.3, 0.4) is 0 Å². The predicted molar refractivity (Wildman–Crippen MR) is 95.6 cm³/mol. The lowest BCUT2D eigenvalue weighted by atomic mass is 10.1. The molecule has 3 atom stereocenters. The Morgan fingerprint density at radius 3 is 3.04 bits per heavy atom. The summed E-state index contributed by atoms with van der Waals surface area (Å²) in [6.07, 6.45) is 3.03. The lowest BCUT2D eigenvalue weighted by Crippen LogP contribution is -2.52. The van der Waals surface area contributed by atoms with E-state index in [1.54, 1.807) is 0 Å². The van der Waals surface area contributed by atoms with Crippen LogP contribution in [0.2, 0.25) is 0 Å². The third-order valence-electron chi connectivity index (χ3n) is 5.14. The number of rotatable bonds is 3. The van der Waals surface area contributed by atoms with Crippen molar-refractivity contribution in [2.75, 3.05) is 37.7 Å². The summed E-state index contributed by atoms with van der Waals surface area (Å²) in [4.78, 5) is 28.4. The first-order valence-electron chi connectivity index (χ1n) is 8.50. The average molecular weight is 352 g/mol. The molecule has 124 valence electrons. The molecule has 1 aromatic rings. The molecule has 1 N–H and O–H groups in total. The molecule has 1 aromatic heterocycles. The highest BCUT2D eigenvalue weighted by molar-refractivity contribution is 8.11. The second-order valence-electron chi connectivity index (χ2n) is 6.73. The molecular formula is C17H23N2O2S2+. The predicted octanol–water partition coefficient (Wildman–Crippen LogP) is 1.63. The van der Waals surface area contributed by atoms with E-state index in [-0.39, 0.29) is 22.6 Å². The van der Waals surface area contributed by atoms with Crippen molar-refractivity contribution >= 4 is 33.1 Å². The van der Waals surface area contributed by atoms with Crippen LogP contribution >= 0.6 is 11.3 Å². The molecule has 23 heavy (non-hydrogen) atoms. The molecule has 1 aliphatic carbocycles. The van der Waals surface area contributed by atoms with Crippen LogP contribution in [0.15, 0.2) is 11.4 Å². The fourth-order valence-electron chi connectivity index (χ4n) is 3.97. The molecule has 2 fully saturated rings. The Labute approximate surface area is 144 Å². The Bertz CT molecular complexity index is 609. The summed E-state index contributed by atoms with van der Waals surface area (Å²) in [5, 5.41) is 5.88. The largest absolute Gasteiger partial charge is 0.339 e. The highest BCUT2D eigenvalue weighted by atomic mass is 32.2. The summed E-state index contributed by atoms with van der Waals surface area (Å²) >= 11 is 1.49. The van der Waals surface area contributed by atoms with Gasteiger partial charge in [-0.3, -0.25) is 4.79 Å². The maximum absolute atomic E-state index is 13.0. The number of hydrogen-bond donors (Lipinski definition) is 1. The van der Waals surface area contributed by atoms with Crippen molar-refractivity contribution in [1.82, 2.24) is 10.2 Å². The summed E-state index contributed by atoms with van der Waals surface area (Å²) in [6, 6.07) is 2.42. The first-order valence-corrected chi connectivity index (χ1v) is 10.9. The van der Waals surface area contributed by atoms with Crippen LogP contribution in [-0.4, -0.2) is 59.5 Å². The molecule has 3 aliphatic rings. The van der Waals surface area contributed by atoms with E-state index >= 15 is 0 Å². The van der Waals surface area contributed by atoms with Crippen molar-refractivity contribution in [2.45, 2.75) is 31.2 Å². The minimum Gasteiger partial charge on any atom is -0.304 e. The number of fused-ring (bicyclic) bond motifs is 1. The third kappa shape index (κ3) is 3.14. The monoisotopic (exact) mass is 351 g/mol. The number of carbonyl (C=O) groups excluding carboxylic acids is 2. The van der Waals surface area contributed by atoms with Crippen LogP contribution in [0, 0.1) is 0 Å². The van der Waals surface area contributed by atoms with E-state index in [4.69, 9.17) is 0 Å². The van der Waals surface area contributed by atoms with E-state index in [1.165, 1.54) is 37.3 Å². The summed E-state index contributed by atoms with van der Waals surface area (Å²) in [5.41, 5.74) is 1.01. The van der Waals surface area contributed by atoms with Crippen molar-refractivity contribution in [3.8, 4) is 0 Å². The highest BCUT2D eigenvalue weighted by Gasteiger charge is 2.46. The molecule has 3 unspecified atom stereocenters. The van der Waals surface area contributed by atoms with Crippen LogP contribution in [0.25, 0.3) is 0 Å². The number of likely N-dealkylation sites (tertiary alicyclic amines) is 1. The van der Waals surface area contributed by atoms with Gasteiger partial charge in [-0.05, 0) is 42.9 Å². The van der Waals surface area contributed by atoms with Crippen LogP contribution in [0.1, 0.15) is 40.4 Å². The molecule has 6 heteroatoms. The van der Waals surface area contributed by atoms with Gasteiger partial charge in [-0.1, -0.05) is 0 Å². The normalized spacial score (nSPS) is 31.5. The molecule has 4 nitrogen and oxygen atoms in total. The van der Waals surface area contributed by atoms with Crippen molar-refractivity contribution in [1.29, 1.82) is 0 Å². The van der Waals surface area contributed by atoms with E-state index in [9.17, 15) is 9.59 Å². The van der Waals surface area contributed by atoms with Crippen molar-refractivity contribution < 1.29 is 9.59 Å². The van der Waals surface area contributed by atoms with Gasteiger partial charge in [-0.25, -0.2) is 4.79 Å². The second-order valence-corrected chi connectivity index (χ2v) is 9.77. The second kappa shape index (κ2) is 6.67. The number of hydrogen-bond acceptors (Lipinski definition) is 5. The molecule has 2 saturated heterocycles. The Morgan fingerprint density at radius 1 is 1.39 bits per heavy atom. The van der Waals surface area contributed by atoms with E-state index in [0.717, 1.165) is 35.0 Å². The molecule has 0 spiro atoms. The fraction of sp³-hybridized carbons (Fsp3) is 0.647. The molecule has 3 heterocycles. The number of nitrogens with one attached hydrogen (secondary N) is 1. The summed E-state index contributed by atoms with van der Waals surface area (Å²) in [7, 11) is -0.191. The molecular weight excluding hydrogens is 328 g/mol. The lowest BCUT2D eigenvalue weighted by Gasteiger charge is -2.27. The van der Waals surface area contributed by atoms with Gasteiger partial charge in [0.15, 0.2) is 5.78 Å². The molecule has 0 saturated carbocycles. The van der Waals surface area contributed by atoms with Gasteiger partial charge in [0, 0.05) is 19.5 Å². The maximum atomic E-state index is 13.0. The molecule has 2 aliphatic heterocycles. The smallest absolute Gasteiger partial charge is 0.304 e. The minimum absolute atomic E-state index is 0.155. The quantitative estimate of drug-likeness (QED) is 0.841. The van der Waals surface area contributed by atoms with Crippen LogP contribution in [0.5, 0.6) is 0 Å². The topological polar surface area (TPSA) is 49.4 Å². The van der Waals surface area contributed by atoms with Crippen LogP contribution in [0.4, 0.5) is 0 Å². The molecule has 0 amide bonds. The van der Waals surface area contributed by atoms with Crippen molar-refractivity contribution in [3.05, 3.63) is 21.9 Å². The molecule has 4 rings (SSSR count). The lowest BCUT2D eigenvalue weighted by molar-refractivity contribution is -0.112. The molecule has 0 radical (unpaired) electrons. The summed E-state index contributed by atoms with van der Waals surface area (Å²) < 4.78 is 0. The van der Waals surface area contributed by atoms with Gasteiger partial charge in [-0.15, -0.1) is 11.3 Å². The summed E-state index contributed by atoms with van der Waals surface area (Å²) in [5.74, 6) is 1.91. The fourth-order valence-corrected chi connectivity index (χ4v) is 7.10. The number of carbonyl (C=O) groups is 2. The zero-order valence-electron chi connectivity index (χ0n) is 13.3. The van der Waals surface area contributed by atoms with Crippen LogP contribution < -0.4 is 5.32 Å². The van der Waals surface area contributed by atoms with Crippen molar-refractivity contribution in [2.24, 2.45) is 0 Å². The molecule has 0 aromatic carbocycles. The van der Waals surface area contributed by atoms with Crippen molar-refractivity contribution in [3.63, 3.8) is 0 Å². The van der Waals surface area contributed by atoms with Gasteiger partial charge in [0.25, 0.3) is 0 Å². The number of nitrogens with zero attached hydrogens (tertiary/aromatic N) is 1. The van der Waals surface area contributed by atoms with Gasteiger partial charge < -0.3 is 10.2 Å². The number of Topliss-reactive ketones (excluding diaryl/α,β-unsaturated/α-hetero) is 1. The average Bonchev–Trinajstić information content (AvgIpc) is 3.27. The van der Waals surface area contributed by atoms with Crippen LogP contribution in [-0.2, 0) is 15.7 Å². The summed E-state index contributed by atoms with van der Waals surface area (Å²) in [6.45, 7) is 4.42. The SMILES string of the molecule is O=C1CC(C(=O)[S+]2CCNC(CN3CCCC3)C2)c2ccsc21. The van der Waals surface area contributed by atoms with E-state index < -0.39 is 0 Å². The van der Waals surface area contributed by atoms with Gasteiger partial charge in [0.05, 0.1) is 21.8 Å². The van der Waals surface area contributed by atoms with E-state index in [2.05, 4.69) is 10.2 Å². The van der Waals surface area contributed by atoms with E-state index in [1.807, 2.05) is 11.4 Å². The Morgan fingerprint density at radius 2 is 2.22 bits per heavy atom. The standard InChI is InChI=1S/C17H23N2O2S2/c20-15-9-14(13-3-7-22-16(13)15)17(21)23-8-4-18-12(11-23)10-19-5-1-2-6-19/h3,7,12,14,18H,1-2,4-6,8-11H2/q+1. The third-order valence-corrected chi connectivity index (χ3v) is 8.47. The minimum atomic E-state index is -0.191. The number of thiophene rings is 1. The van der Waals surface area contributed by atoms with E-state index in [0.29, 0.717) is 17.6 Å². The maximum Gasteiger partial charge on any atom is 0.339 e.